The van der Waals surface area contributed by atoms with E-state index in [0.717, 1.165) is 42.3 Å². The number of nitrogens with one attached hydrogen (secondary N) is 2. The highest BCUT2D eigenvalue weighted by atomic mass is 16.3. The van der Waals surface area contributed by atoms with Crippen LogP contribution in [-0.2, 0) is 24.1 Å². The molecule has 0 spiro atoms. The minimum Gasteiger partial charge on any atom is -0.464 e. The van der Waals surface area contributed by atoms with Crippen LogP contribution in [0.5, 0.6) is 0 Å². The van der Waals surface area contributed by atoms with Gasteiger partial charge in [-0.1, -0.05) is 0 Å². The van der Waals surface area contributed by atoms with Crippen molar-refractivity contribution >= 4 is 16.9 Å². The second-order valence-electron chi connectivity index (χ2n) is 5.72. The van der Waals surface area contributed by atoms with Crippen molar-refractivity contribution in [1.29, 1.82) is 0 Å². The highest BCUT2D eigenvalue weighted by Crippen LogP contribution is 2.30. The standard InChI is InChI=1S/C17H22N2O2/c1-18-6-3-7-19-17(20)10-14-11-21-16-9-13-5-2-4-12(13)8-15(14)16/h8-9,11,18H,2-7,10H2,1H3,(H,19,20). The molecule has 1 aromatic heterocycles. The Morgan fingerprint density at radius 2 is 2.05 bits per heavy atom. The fraction of sp³-hybridized carbons (Fsp3) is 0.471. The molecule has 4 heteroatoms. The summed E-state index contributed by atoms with van der Waals surface area (Å²) in [5.74, 6) is 0.0642. The first kappa shape index (κ1) is 14.1. The summed E-state index contributed by atoms with van der Waals surface area (Å²) in [4.78, 5) is 12.0. The van der Waals surface area contributed by atoms with Crippen LogP contribution in [0.1, 0.15) is 29.5 Å². The number of rotatable bonds is 6. The Morgan fingerprint density at radius 3 is 2.86 bits per heavy atom. The molecule has 0 atom stereocenters. The maximum atomic E-state index is 12.0. The highest BCUT2D eigenvalue weighted by Gasteiger charge is 2.16. The molecule has 0 bridgehead atoms. The number of hydrogen-bond acceptors (Lipinski definition) is 3. The van der Waals surface area contributed by atoms with E-state index >= 15 is 0 Å². The summed E-state index contributed by atoms with van der Waals surface area (Å²) in [6.07, 6.45) is 6.59. The van der Waals surface area contributed by atoms with Crippen molar-refractivity contribution in [3.8, 4) is 0 Å². The third-order valence-electron chi connectivity index (χ3n) is 4.14. The maximum Gasteiger partial charge on any atom is 0.224 e. The van der Waals surface area contributed by atoms with Gasteiger partial charge < -0.3 is 15.1 Å². The van der Waals surface area contributed by atoms with Crippen molar-refractivity contribution in [1.82, 2.24) is 10.6 Å². The second-order valence-corrected chi connectivity index (χ2v) is 5.72. The molecule has 0 aliphatic heterocycles. The Hall–Kier alpha value is -1.81. The van der Waals surface area contributed by atoms with Gasteiger partial charge in [0.1, 0.15) is 5.58 Å². The van der Waals surface area contributed by atoms with Gasteiger partial charge >= 0.3 is 0 Å². The SMILES string of the molecule is CNCCCNC(=O)Cc1coc2cc3c(cc12)CCC3. The summed E-state index contributed by atoms with van der Waals surface area (Å²) in [5.41, 5.74) is 4.72. The van der Waals surface area contributed by atoms with E-state index in [1.54, 1.807) is 6.26 Å². The average Bonchev–Trinajstić information content (AvgIpc) is 3.08. The van der Waals surface area contributed by atoms with E-state index in [4.69, 9.17) is 4.42 Å². The molecule has 4 nitrogen and oxygen atoms in total. The molecule has 0 radical (unpaired) electrons. The van der Waals surface area contributed by atoms with Crippen LogP contribution < -0.4 is 10.6 Å². The van der Waals surface area contributed by atoms with Crippen molar-refractivity contribution in [3.63, 3.8) is 0 Å². The fourth-order valence-electron chi connectivity index (χ4n) is 3.01. The molecular formula is C17H22N2O2. The van der Waals surface area contributed by atoms with Gasteiger partial charge in [-0.25, -0.2) is 0 Å². The molecule has 0 unspecified atom stereocenters. The highest BCUT2D eigenvalue weighted by molar-refractivity contribution is 5.88. The molecule has 0 fully saturated rings. The van der Waals surface area contributed by atoms with Crippen LogP contribution in [0.4, 0.5) is 0 Å². The average molecular weight is 286 g/mol. The van der Waals surface area contributed by atoms with Crippen molar-refractivity contribution in [3.05, 3.63) is 35.1 Å². The summed E-state index contributed by atoms with van der Waals surface area (Å²) >= 11 is 0. The lowest BCUT2D eigenvalue weighted by atomic mass is 10.0. The van der Waals surface area contributed by atoms with Crippen molar-refractivity contribution in [2.75, 3.05) is 20.1 Å². The predicted octanol–water partition coefficient (Wildman–Crippen LogP) is 2.19. The minimum atomic E-state index is 0.0642. The smallest absolute Gasteiger partial charge is 0.224 e. The quantitative estimate of drug-likeness (QED) is 0.800. The van der Waals surface area contributed by atoms with Crippen LogP contribution >= 0.6 is 0 Å². The third kappa shape index (κ3) is 3.10. The van der Waals surface area contributed by atoms with Crippen molar-refractivity contribution < 1.29 is 9.21 Å². The molecule has 1 amide bonds. The zero-order chi connectivity index (χ0) is 14.7. The Bertz CT molecular complexity index is 646. The molecule has 3 rings (SSSR count). The zero-order valence-electron chi connectivity index (χ0n) is 12.5. The van der Waals surface area contributed by atoms with Crippen molar-refractivity contribution in [2.45, 2.75) is 32.1 Å². The van der Waals surface area contributed by atoms with Gasteiger partial charge in [-0.2, -0.15) is 0 Å². The topological polar surface area (TPSA) is 54.3 Å². The Balaban J connectivity index is 1.68. The van der Waals surface area contributed by atoms with Gasteiger partial charge in [0.2, 0.25) is 5.91 Å². The van der Waals surface area contributed by atoms with Crippen LogP contribution in [0.15, 0.2) is 22.8 Å². The van der Waals surface area contributed by atoms with Gasteiger partial charge in [0, 0.05) is 17.5 Å². The number of benzene rings is 1. The molecule has 1 aliphatic rings. The lowest BCUT2D eigenvalue weighted by molar-refractivity contribution is -0.120. The van der Waals surface area contributed by atoms with E-state index in [1.807, 2.05) is 7.05 Å². The van der Waals surface area contributed by atoms with Crippen molar-refractivity contribution in [2.24, 2.45) is 0 Å². The zero-order valence-corrected chi connectivity index (χ0v) is 12.5. The fourth-order valence-corrected chi connectivity index (χ4v) is 3.01. The first-order chi connectivity index (χ1) is 10.3. The number of amides is 1. The molecule has 2 aromatic rings. The molecule has 2 N–H and O–H groups in total. The molecular weight excluding hydrogens is 264 g/mol. The summed E-state index contributed by atoms with van der Waals surface area (Å²) in [6, 6.07) is 4.36. The summed E-state index contributed by atoms with van der Waals surface area (Å²) in [6.45, 7) is 1.63. The van der Waals surface area contributed by atoms with E-state index in [9.17, 15) is 4.79 Å². The van der Waals surface area contributed by atoms with Crippen LogP contribution in [0.25, 0.3) is 11.0 Å². The van der Waals surface area contributed by atoms with E-state index in [1.165, 1.54) is 17.5 Å². The Kier molecular flexibility index (Phi) is 4.25. The normalized spacial score (nSPS) is 13.6. The molecule has 1 heterocycles. The van der Waals surface area contributed by atoms with Gasteiger partial charge in [-0.3, -0.25) is 4.79 Å². The van der Waals surface area contributed by atoms with E-state index in [0.29, 0.717) is 13.0 Å². The summed E-state index contributed by atoms with van der Waals surface area (Å²) < 4.78 is 5.63. The molecule has 0 saturated heterocycles. The number of carbonyl (C=O) groups excluding carboxylic acids is 1. The number of fused-ring (bicyclic) bond motifs is 2. The summed E-state index contributed by atoms with van der Waals surface area (Å²) in [5, 5.41) is 7.12. The Morgan fingerprint density at radius 1 is 1.24 bits per heavy atom. The minimum absolute atomic E-state index is 0.0642. The number of aryl methyl sites for hydroxylation is 2. The van der Waals surface area contributed by atoms with E-state index in [-0.39, 0.29) is 5.91 Å². The first-order valence-corrected chi connectivity index (χ1v) is 7.71. The van der Waals surface area contributed by atoms with Gasteiger partial charge in [0.25, 0.3) is 0 Å². The lowest BCUT2D eigenvalue weighted by Crippen LogP contribution is -2.27. The van der Waals surface area contributed by atoms with Crippen LogP contribution in [0, 0.1) is 0 Å². The first-order valence-electron chi connectivity index (χ1n) is 7.71. The van der Waals surface area contributed by atoms with Gasteiger partial charge in [0.15, 0.2) is 0 Å². The summed E-state index contributed by atoms with van der Waals surface area (Å²) in [7, 11) is 1.91. The lowest BCUT2D eigenvalue weighted by Gasteiger charge is -2.04. The van der Waals surface area contributed by atoms with E-state index < -0.39 is 0 Å². The number of furan rings is 1. The molecule has 0 saturated carbocycles. The molecule has 21 heavy (non-hydrogen) atoms. The predicted molar refractivity (Wildman–Crippen MR) is 83.5 cm³/mol. The van der Waals surface area contributed by atoms with Gasteiger partial charge in [0.05, 0.1) is 12.7 Å². The largest absolute Gasteiger partial charge is 0.464 e. The van der Waals surface area contributed by atoms with Gasteiger partial charge in [-0.05, 0) is 62.5 Å². The number of hydrogen-bond donors (Lipinski definition) is 2. The Labute approximate surface area is 124 Å². The van der Waals surface area contributed by atoms with E-state index in [2.05, 4.69) is 22.8 Å². The monoisotopic (exact) mass is 286 g/mol. The third-order valence-corrected chi connectivity index (χ3v) is 4.14. The van der Waals surface area contributed by atoms with Crippen LogP contribution in [-0.4, -0.2) is 26.0 Å². The van der Waals surface area contributed by atoms with Gasteiger partial charge in [-0.15, -0.1) is 0 Å². The molecule has 1 aromatic carbocycles. The number of carbonyl (C=O) groups is 1. The maximum absolute atomic E-state index is 12.0. The molecule has 1 aliphatic carbocycles. The molecule has 112 valence electrons. The van der Waals surface area contributed by atoms with Crippen LogP contribution in [0.3, 0.4) is 0 Å². The second kappa shape index (κ2) is 6.31. The van der Waals surface area contributed by atoms with Crippen LogP contribution in [0.2, 0.25) is 0 Å².